The monoisotopic (exact) mass is 317 g/mol. The highest BCUT2D eigenvalue weighted by molar-refractivity contribution is 5.89. The number of aromatic hydroxyl groups is 1. The average molecular weight is 317 g/mol. The SMILES string of the molecule is CCCCOC(=O)c1ccc(O)cc1.O=C(O)c1cccnc1. The number of esters is 1. The van der Waals surface area contributed by atoms with Crippen LogP contribution in [0.2, 0.25) is 0 Å². The summed E-state index contributed by atoms with van der Waals surface area (Å²) in [4.78, 5) is 25.1. The summed E-state index contributed by atoms with van der Waals surface area (Å²) < 4.78 is 4.99. The number of rotatable bonds is 5. The van der Waals surface area contributed by atoms with Crippen LogP contribution in [0.25, 0.3) is 0 Å². The molecule has 23 heavy (non-hydrogen) atoms. The zero-order valence-corrected chi connectivity index (χ0v) is 12.8. The van der Waals surface area contributed by atoms with Crippen LogP contribution in [-0.4, -0.2) is 33.7 Å². The summed E-state index contributed by atoms with van der Waals surface area (Å²) in [6.45, 7) is 2.49. The predicted octanol–water partition coefficient (Wildman–Crippen LogP) is 3.13. The van der Waals surface area contributed by atoms with Gasteiger partial charge in [-0.05, 0) is 42.8 Å². The summed E-state index contributed by atoms with van der Waals surface area (Å²) in [7, 11) is 0. The fourth-order valence-corrected chi connectivity index (χ4v) is 1.48. The van der Waals surface area contributed by atoms with Crippen molar-refractivity contribution >= 4 is 11.9 Å². The Hall–Kier alpha value is -2.89. The Labute approximate surface area is 134 Å². The molecule has 6 heteroatoms. The van der Waals surface area contributed by atoms with Gasteiger partial charge in [0.25, 0.3) is 0 Å². The van der Waals surface area contributed by atoms with Crippen LogP contribution in [0.3, 0.4) is 0 Å². The Balaban J connectivity index is 0.000000253. The highest BCUT2D eigenvalue weighted by Crippen LogP contribution is 2.10. The van der Waals surface area contributed by atoms with Gasteiger partial charge in [0.15, 0.2) is 0 Å². The second-order valence-corrected chi connectivity index (χ2v) is 4.58. The summed E-state index contributed by atoms with van der Waals surface area (Å²) >= 11 is 0. The van der Waals surface area contributed by atoms with Crippen LogP contribution in [0.5, 0.6) is 5.75 Å². The molecule has 0 spiro atoms. The lowest BCUT2D eigenvalue weighted by Gasteiger charge is -2.03. The third kappa shape index (κ3) is 7.08. The van der Waals surface area contributed by atoms with Crippen molar-refractivity contribution in [3.63, 3.8) is 0 Å². The van der Waals surface area contributed by atoms with Crippen molar-refractivity contribution < 1.29 is 24.5 Å². The molecule has 0 radical (unpaired) electrons. The molecule has 0 saturated heterocycles. The maximum Gasteiger partial charge on any atom is 0.338 e. The fraction of sp³-hybridized carbons (Fsp3) is 0.235. The lowest BCUT2D eigenvalue weighted by atomic mass is 10.2. The van der Waals surface area contributed by atoms with Gasteiger partial charge in [-0.1, -0.05) is 13.3 Å². The Morgan fingerprint density at radius 2 is 1.83 bits per heavy atom. The number of phenols is 1. The van der Waals surface area contributed by atoms with E-state index in [-0.39, 0.29) is 17.3 Å². The first kappa shape index (κ1) is 18.2. The lowest BCUT2D eigenvalue weighted by molar-refractivity contribution is 0.0499. The maximum atomic E-state index is 11.3. The van der Waals surface area contributed by atoms with Crippen molar-refractivity contribution in [1.29, 1.82) is 0 Å². The molecule has 0 amide bonds. The summed E-state index contributed by atoms with van der Waals surface area (Å²) in [6, 6.07) is 9.11. The molecule has 0 aliphatic carbocycles. The molecular formula is C17H19NO5. The summed E-state index contributed by atoms with van der Waals surface area (Å²) in [5.41, 5.74) is 0.691. The zero-order valence-electron chi connectivity index (χ0n) is 12.8. The zero-order chi connectivity index (χ0) is 17.1. The highest BCUT2D eigenvalue weighted by atomic mass is 16.5. The molecule has 0 unspecified atom stereocenters. The minimum atomic E-state index is -0.942. The lowest BCUT2D eigenvalue weighted by Crippen LogP contribution is -2.05. The third-order valence-electron chi connectivity index (χ3n) is 2.74. The number of benzene rings is 1. The van der Waals surface area contributed by atoms with E-state index in [9.17, 15) is 9.59 Å². The summed E-state index contributed by atoms with van der Waals surface area (Å²) in [5, 5.41) is 17.3. The van der Waals surface area contributed by atoms with E-state index >= 15 is 0 Å². The van der Waals surface area contributed by atoms with E-state index in [0.29, 0.717) is 12.2 Å². The van der Waals surface area contributed by atoms with Gasteiger partial charge in [0.2, 0.25) is 0 Å². The molecule has 122 valence electrons. The number of carbonyl (C=O) groups excluding carboxylic acids is 1. The number of aromatic carboxylic acids is 1. The van der Waals surface area contributed by atoms with Crippen LogP contribution >= 0.6 is 0 Å². The molecule has 1 aromatic carbocycles. The second kappa shape index (κ2) is 9.94. The first-order chi connectivity index (χ1) is 11.0. The van der Waals surface area contributed by atoms with Gasteiger partial charge in [-0.2, -0.15) is 0 Å². The maximum absolute atomic E-state index is 11.3. The number of hydrogen-bond donors (Lipinski definition) is 2. The van der Waals surface area contributed by atoms with Crippen molar-refractivity contribution in [3.05, 3.63) is 59.9 Å². The fourth-order valence-electron chi connectivity index (χ4n) is 1.48. The number of unbranched alkanes of at least 4 members (excludes halogenated alkanes) is 1. The van der Waals surface area contributed by atoms with Gasteiger partial charge in [-0.15, -0.1) is 0 Å². The van der Waals surface area contributed by atoms with Crippen molar-refractivity contribution in [1.82, 2.24) is 4.98 Å². The van der Waals surface area contributed by atoms with E-state index in [2.05, 4.69) is 4.98 Å². The largest absolute Gasteiger partial charge is 0.508 e. The highest BCUT2D eigenvalue weighted by Gasteiger charge is 2.05. The van der Waals surface area contributed by atoms with Crippen molar-refractivity contribution in [3.8, 4) is 5.75 Å². The average Bonchev–Trinajstić information content (AvgIpc) is 2.57. The number of ether oxygens (including phenoxy) is 1. The molecule has 6 nitrogen and oxygen atoms in total. The van der Waals surface area contributed by atoms with Gasteiger partial charge >= 0.3 is 11.9 Å². The van der Waals surface area contributed by atoms with Crippen molar-refractivity contribution in [2.45, 2.75) is 19.8 Å². The van der Waals surface area contributed by atoms with E-state index in [0.717, 1.165) is 12.8 Å². The molecule has 1 heterocycles. The number of pyridine rings is 1. The number of carbonyl (C=O) groups is 2. The molecule has 0 atom stereocenters. The molecule has 2 rings (SSSR count). The van der Waals surface area contributed by atoms with E-state index < -0.39 is 5.97 Å². The minimum Gasteiger partial charge on any atom is -0.508 e. The van der Waals surface area contributed by atoms with Crippen LogP contribution in [0, 0.1) is 0 Å². The Kier molecular flexibility index (Phi) is 7.85. The molecule has 0 aliphatic heterocycles. The molecule has 0 saturated carbocycles. The van der Waals surface area contributed by atoms with Gasteiger partial charge < -0.3 is 14.9 Å². The molecule has 0 aliphatic rings. The molecular weight excluding hydrogens is 298 g/mol. The van der Waals surface area contributed by atoms with E-state index in [1.807, 2.05) is 6.92 Å². The normalized spacial score (nSPS) is 9.43. The number of carboxylic acids is 1. The summed E-state index contributed by atoms with van der Waals surface area (Å²) in [5.74, 6) is -1.13. The number of hydrogen-bond acceptors (Lipinski definition) is 5. The van der Waals surface area contributed by atoms with Crippen LogP contribution in [0.4, 0.5) is 0 Å². The van der Waals surface area contributed by atoms with E-state index in [1.165, 1.54) is 30.6 Å². The van der Waals surface area contributed by atoms with Crippen molar-refractivity contribution in [2.75, 3.05) is 6.61 Å². The quantitative estimate of drug-likeness (QED) is 0.649. The van der Waals surface area contributed by atoms with E-state index in [1.54, 1.807) is 18.2 Å². The smallest absolute Gasteiger partial charge is 0.338 e. The van der Waals surface area contributed by atoms with Crippen LogP contribution in [0.15, 0.2) is 48.8 Å². The minimum absolute atomic E-state index is 0.148. The first-order valence-corrected chi connectivity index (χ1v) is 7.14. The Morgan fingerprint density at radius 3 is 2.30 bits per heavy atom. The molecule has 0 bridgehead atoms. The van der Waals surface area contributed by atoms with Gasteiger partial charge in [0.05, 0.1) is 17.7 Å². The van der Waals surface area contributed by atoms with Gasteiger partial charge in [0, 0.05) is 12.4 Å². The molecule has 1 aromatic heterocycles. The van der Waals surface area contributed by atoms with Crippen LogP contribution in [-0.2, 0) is 4.74 Å². The van der Waals surface area contributed by atoms with Crippen molar-refractivity contribution in [2.24, 2.45) is 0 Å². The first-order valence-electron chi connectivity index (χ1n) is 7.14. The second-order valence-electron chi connectivity index (χ2n) is 4.58. The Bertz CT molecular complexity index is 611. The standard InChI is InChI=1S/C11H14O3.C6H5NO2/c1-2-3-8-14-11(13)9-4-6-10(12)7-5-9;8-6(9)5-2-1-3-7-4-5/h4-7,12H,2-3,8H2,1H3;1-4H,(H,8,9). The van der Waals surface area contributed by atoms with Gasteiger partial charge in [0.1, 0.15) is 5.75 Å². The van der Waals surface area contributed by atoms with E-state index in [4.69, 9.17) is 14.9 Å². The molecule has 2 aromatic rings. The number of carboxylic acid groups (broad SMARTS) is 1. The number of aromatic nitrogens is 1. The number of phenolic OH excluding ortho intramolecular Hbond substituents is 1. The van der Waals surface area contributed by atoms with Crippen LogP contribution < -0.4 is 0 Å². The predicted molar refractivity (Wildman–Crippen MR) is 84.5 cm³/mol. The Morgan fingerprint density at radius 1 is 1.13 bits per heavy atom. The number of nitrogens with zero attached hydrogens (tertiary/aromatic N) is 1. The van der Waals surface area contributed by atoms with Gasteiger partial charge in [-0.25, -0.2) is 9.59 Å². The molecule has 0 fully saturated rings. The van der Waals surface area contributed by atoms with Gasteiger partial charge in [-0.3, -0.25) is 4.98 Å². The molecule has 2 N–H and O–H groups in total. The van der Waals surface area contributed by atoms with Crippen LogP contribution in [0.1, 0.15) is 40.5 Å². The topological polar surface area (TPSA) is 96.7 Å². The third-order valence-corrected chi connectivity index (χ3v) is 2.74. The summed E-state index contributed by atoms with van der Waals surface area (Å²) in [6.07, 6.45) is 4.72.